The zero-order valence-electron chi connectivity index (χ0n) is 11.1. The van der Waals surface area contributed by atoms with Gasteiger partial charge in [0.15, 0.2) is 5.78 Å². The summed E-state index contributed by atoms with van der Waals surface area (Å²) >= 11 is 11.9. The van der Waals surface area contributed by atoms with Crippen LogP contribution in [0.1, 0.15) is 43.0 Å². The Balaban J connectivity index is 2.30. The van der Waals surface area contributed by atoms with Gasteiger partial charge in [-0.3, -0.25) is 4.79 Å². The van der Waals surface area contributed by atoms with Crippen LogP contribution in [0, 0.1) is 5.41 Å². The van der Waals surface area contributed by atoms with Crippen LogP contribution in [0.5, 0.6) is 0 Å². The SMILES string of the molecule is CCC[C@]1(C(=O)c2ccc(Cl)c(Cl)c2)CCCNC1. The number of hydrogen-bond donors (Lipinski definition) is 1. The minimum absolute atomic E-state index is 0.195. The smallest absolute Gasteiger partial charge is 0.170 e. The minimum atomic E-state index is -0.274. The molecule has 1 aromatic rings. The van der Waals surface area contributed by atoms with E-state index in [0.29, 0.717) is 15.6 Å². The first kappa shape index (κ1) is 14.8. The number of rotatable bonds is 4. The van der Waals surface area contributed by atoms with E-state index in [-0.39, 0.29) is 11.2 Å². The summed E-state index contributed by atoms with van der Waals surface area (Å²) in [5.74, 6) is 0.195. The lowest BCUT2D eigenvalue weighted by molar-refractivity contribution is 0.0718. The van der Waals surface area contributed by atoms with E-state index in [2.05, 4.69) is 12.2 Å². The molecule has 104 valence electrons. The molecule has 1 atom stereocenters. The molecule has 19 heavy (non-hydrogen) atoms. The third kappa shape index (κ3) is 3.13. The van der Waals surface area contributed by atoms with Gasteiger partial charge in [-0.15, -0.1) is 0 Å². The number of hydrogen-bond acceptors (Lipinski definition) is 2. The van der Waals surface area contributed by atoms with E-state index in [0.717, 1.165) is 38.8 Å². The van der Waals surface area contributed by atoms with Gasteiger partial charge in [0.25, 0.3) is 0 Å². The predicted molar refractivity (Wildman–Crippen MR) is 80.2 cm³/mol. The van der Waals surface area contributed by atoms with E-state index in [9.17, 15) is 4.79 Å². The highest BCUT2D eigenvalue weighted by atomic mass is 35.5. The summed E-state index contributed by atoms with van der Waals surface area (Å²) in [5.41, 5.74) is 0.399. The monoisotopic (exact) mass is 299 g/mol. The van der Waals surface area contributed by atoms with Crippen LogP contribution in [0.3, 0.4) is 0 Å². The summed E-state index contributed by atoms with van der Waals surface area (Å²) in [4.78, 5) is 12.8. The highest BCUT2D eigenvalue weighted by molar-refractivity contribution is 6.42. The third-order valence-corrected chi connectivity index (χ3v) is 4.60. The van der Waals surface area contributed by atoms with Gasteiger partial charge in [-0.25, -0.2) is 0 Å². The minimum Gasteiger partial charge on any atom is -0.316 e. The summed E-state index contributed by atoms with van der Waals surface area (Å²) in [6.45, 7) is 3.89. The van der Waals surface area contributed by atoms with Gasteiger partial charge in [0.1, 0.15) is 0 Å². The fourth-order valence-corrected chi connectivity index (χ4v) is 3.21. The first-order valence-corrected chi connectivity index (χ1v) is 7.55. The molecule has 0 aromatic heterocycles. The van der Waals surface area contributed by atoms with Crippen molar-refractivity contribution in [2.45, 2.75) is 32.6 Å². The molecule has 0 saturated carbocycles. The average molecular weight is 300 g/mol. The van der Waals surface area contributed by atoms with Crippen LogP contribution < -0.4 is 5.32 Å². The molecular formula is C15H19Cl2NO. The van der Waals surface area contributed by atoms with Crippen LogP contribution in [-0.4, -0.2) is 18.9 Å². The summed E-state index contributed by atoms with van der Waals surface area (Å²) in [7, 11) is 0. The van der Waals surface area contributed by atoms with Crippen molar-refractivity contribution < 1.29 is 4.79 Å². The number of carbonyl (C=O) groups is 1. The molecule has 1 N–H and O–H groups in total. The van der Waals surface area contributed by atoms with Crippen molar-refractivity contribution in [2.75, 3.05) is 13.1 Å². The lowest BCUT2D eigenvalue weighted by Crippen LogP contribution is -2.45. The summed E-state index contributed by atoms with van der Waals surface area (Å²) in [6, 6.07) is 5.17. The fourth-order valence-electron chi connectivity index (χ4n) is 2.91. The summed E-state index contributed by atoms with van der Waals surface area (Å²) < 4.78 is 0. The number of benzene rings is 1. The van der Waals surface area contributed by atoms with E-state index in [4.69, 9.17) is 23.2 Å². The van der Waals surface area contributed by atoms with Crippen molar-refractivity contribution in [1.82, 2.24) is 5.32 Å². The van der Waals surface area contributed by atoms with Crippen molar-refractivity contribution in [3.63, 3.8) is 0 Å². The Kier molecular flexibility index (Phi) is 4.88. The predicted octanol–water partition coefficient (Wildman–Crippen LogP) is 4.35. The number of Topliss-reactive ketones (excluding diaryl/α,β-unsaturated/α-hetero) is 1. The zero-order chi connectivity index (χ0) is 13.9. The van der Waals surface area contributed by atoms with Crippen LogP contribution in [0.25, 0.3) is 0 Å². The Labute approximate surface area is 124 Å². The quantitative estimate of drug-likeness (QED) is 0.838. The van der Waals surface area contributed by atoms with Crippen LogP contribution in [-0.2, 0) is 0 Å². The molecule has 4 heteroatoms. The largest absolute Gasteiger partial charge is 0.316 e. The van der Waals surface area contributed by atoms with Crippen LogP contribution in [0.15, 0.2) is 18.2 Å². The van der Waals surface area contributed by atoms with Gasteiger partial charge in [-0.05, 0) is 44.0 Å². The molecule has 0 amide bonds. The van der Waals surface area contributed by atoms with Gasteiger partial charge in [0.2, 0.25) is 0 Å². The lowest BCUT2D eigenvalue weighted by atomic mass is 9.71. The normalized spacial score (nSPS) is 23.3. The number of piperidine rings is 1. The highest BCUT2D eigenvalue weighted by Gasteiger charge is 2.39. The van der Waals surface area contributed by atoms with Gasteiger partial charge < -0.3 is 5.32 Å². The van der Waals surface area contributed by atoms with E-state index < -0.39 is 0 Å². The van der Waals surface area contributed by atoms with E-state index >= 15 is 0 Å². The van der Waals surface area contributed by atoms with Gasteiger partial charge in [-0.1, -0.05) is 36.5 Å². The summed E-state index contributed by atoms with van der Waals surface area (Å²) in [6.07, 6.45) is 3.92. The third-order valence-electron chi connectivity index (χ3n) is 3.86. The Morgan fingerprint density at radius 2 is 2.16 bits per heavy atom. The first-order chi connectivity index (χ1) is 9.09. The summed E-state index contributed by atoms with van der Waals surface area (Å²) in [5, 5.41) is 4.29. The van der Waals surface area contributed by atoms with Gasteiger partial charge in [-0.2, -0.15) is 0 Å². The number of nitrogens with one attached hydrogen (secondary N) is 1. The van der Waals surface area contributed by atoms with E-state index in [1.54, 1.807) is 18.2 Å². The molecule has 0 aliphatic carbocycles. The molecule has 1 fully saturated rings. The van der Waals surface area contributed by atoms with Crippen molar-refractivity contribution in [3.05, 3.63) is 33.8 Å². The highest BCUT2D eigenvalue weighted by Crippen LogP contribution is 2.36. The molecular weight excluding hydrogens is 281 g/mol. The molecule has 1 heterocycles. The van der Waals surface area contributed by atoms with Crippen molar-refractivity contribution in [2.24, 2.45) is 5.41 Å². The van der Waals surface area contributed by atoms with Crippen molar-refractivity contribution in [1.29, 1.82) is 0 Å². The Morgan fingerprint density at radius 1 is 1.37 bits per heavy atom. The van der Waals surface area contributed by atoms with Crippen LogP contribution in [0.2, 0.25) is 10.0 Å². The molecule has 0 unspecified atom stereocenters. The Bertz CT molecular complexity index is 462. The van der Waals surface area contributed by atoms with Crippen molar-refractivity contribution in [3.8, 4) is 0 Å². The number of halogens is 2. The molecule has 1 aliphatic rings. The molecule has 0 spiro atoms. The average Bonchev–Trinajstić information content (AvgIpc) is 2.42. The molecule has 0 radical (unpaired) electrons. The topological polar surface area (TPSA) is 29.1 Å². The maximum Gasteiger partial charge on any atom is 0.170 e. The molecule has 2 rings (SSSR count). The van der Waals surface area contributed by atoms with Crippen LogP contribution in [0.4, 0.5) is 0 Å². The molecule has 1 aromatic carbocycles. The van der Waals surface area contributed by atoms with Gasteiger partial charge >= 0.3 is 0 Å². The zero-order valence-corrected chi connectivity index (χ0v) is 12.7. The molecule has 1 aliphatic heterocycles. The second-order valence-corrected chi connectivity index (χ2v) is 6.08. The number of ketones is 1. The fraction of sp³-hybridized carbons (Fsp3) is 0.533. The Morgan fingerprint density at radius 3 is 2.74 bits per heavy atom. The van der Waals surface area contributed by atoms with E-state index in [1.807, 2.05) is 0 Å². The first-order valence-electron chi connectivity index (χ1n) is 6.79. The van der Waals surface area contributed by atoms with Crippen LogP contribution >= 0.6 is 23.2 Å². The van der Waals surface area contributed by atoms with Crippen molar-refractivity contribution >= 4 is 29.0 Å². The van der Waals surface area contributed by atoms with Gasteiger partial charge in [0, 0.05) is 17.5 Å². The maximum absolute atomic E-state index is 12.8. The molecule has 0 bridgehead atoms. The molecule has 1 saturated heterocycles. The molecule has 2 nitrogen and oxygen atoms in total. The van der Waals surface area contributed by atoms with E-state index in [1.165, 1.54) is 0 Å². The van der Waals surface area contributed by atoms with Gasteiger partial charge in [0.05, 0.1) is 10.0 Å². The number of carbonyl (C=O) groups excluding carboxylic acids is 1. The second kappa shape index (κ2) is 6.25. The lowest BCUT2D eigenvalue weighted by Gasteiger charge is -2.36. The second-order valence-electron chi connectivity index (χ2n) is 5.27. The maximum atomic E-state index is 12.8. The standard InChI is InChI=1S/C15H19Cl2NO/c1-2-6-15(7-3-8-18-10-15)14(19)11-4-5-12(16)13(17)9-11/h4-5,9,18H,2-3,6-8,10H2,1H3/t15-/m0/s1. The Hall–Kier alpha value is -0.570.